The molecule has 0 amide bonds. The van der Waals surface area contributed by atoms with E-state index in [1.54, 1.807) is 18.2 Å². The minimum absolute atomic E-state index is 0.00528. The van der Waals surface area contributed by atoms with Crippen molar-refractivity contribution in [3.05, 3.63) is 30.2 Å². The normalized spacial score (nSPS) is 14.5. The number of nitrogens with zero attached hydrogens (tertiary/aromatic N) is 1. The van der Waals surface area contributed by atoms with Crippen LogP contribution in [0.15, 0.2) is 29.0 Å². The van der Waals surface area contributed by atoms with Gasteiger partial charge in [-0.1, -0.05) is 17.8 Å². The van der Waals surface area contributed by atoms with E-state index in [0.29, 0.717) is 28.8 Å². The van der Waals surface area contributed by atoms with Gasteiger partial charge in [0.1, 0.15) is 11.6 Å². The molecule has 1 heterocycles. The molecule has 1 aromatic heterocycles. The highest BCUT2D eigenvalue weighted by Gasteiger charge is 2.19. The van der Waals surface area contributed by atoms with Crippen molar-refractivity contribution in [3.8, 4) is 0 Å². The van der Waals surface area contributed by atoms with Crippen molar-refractivity contribution in [2.75, 3.05) is 5.75 Å². The molecule has 0 bridgehead atoms. The van der Waals surface area contributed by atoms with E-state index in [4.69, 9.17) is 4.42 Å². The molecular weight excluding hydrogens is 266 g/mol. The third-order valence-electron chi connectivity index (χ3n) is 2.78. The second kappa shape index (κ2) is 6.18. The van der Waals surface area contributed by atoms with E-state index < -0.39 is 12.2 Å². The molecule has 2 rings (SSSR count). The van der Waals surface area contributed by atoms with Crippen LogP contribution in [0.3, 0.4) is 0 Å². The molecule has 0 saturated heterocycles. The maximum atomic E-state index is 10.8. The molecule has 0 spiro atoms. The third kappa shape index (κ3) is 3.56. The average molecular weight is 281 g/mol. The Morgan fingerprint density at radius 2 is 2.26 bits per heavy atom. The molecule has 2 N–H and O–H groups in total. The predicted molar refractivity (Wildman–Crippen MR) is 72.7 cm³/mol. The number of aliphatic hydroxyl groups is 2. The standard InChI is InChI=1S/C13H15NO4S/c1-8(15)19-5-4-11(16)13(17)9-2-3-12-10(6-9)14-7-18-12/h2-3,6-7,11,13,16-17H,4-5H2,1H3. The fraction of sp³-hybridized carbons (Fsp3) is 0.385. The molecule has 5 nitrogen and oxygen atoms in total. The van der Waals surface area contributed by atoms with Crippen molar-refractivity contribution in [1.82, 2.24) is 4.98 Å². The number of carbonyl (C=O) groups is 1. The number of carbonyl (C=O) groups excluding carboxylic acids is 1. The number of hydrogen-bond donors (Lipinski definition) is 2. The summed E-state index contributed by atoms with van der Waals surface area (Å²) in [5.41, 5.74) is 1.86. The zero-order valence-electron chi connectivity index (χ0n) is 10.4. The molecule has 2 aromatic rings. The van der Waals surface area contributed by atoms with Crippen molar-refractivity contribution >= 4 is 28.0 Å². The first-order chi connectivity index (χ1) is 9.08. The molecule has 0 aliphatic carbocycles. The van der Waals surface area contributed by atoms with Crippen LogP contribution in [0.2, 0.25) is 0 Å². The van der Waals surface area contributed by atoms with Gasteiger partial charge < -0.3 is 14.6 Å². The minimum atomic E-state index is -0.992. The van der Waals surface area contributed by atoms with Crippen molar-refractivity contribution < 1.29 is 19.4 Å². The quantitative estimate of drug-likeness (QED) is 0.870. The number of rotatable bonds is 5. The maximum Gasteiger partial charge on any atom is 0.185 e. The summed E-state index contributed by atoms with van der Waals surface area (Å²) in [4.78, 5) is 14.8. The van der Waals surface area contributed by atoms with Crippen molar-refractivity contribution in [3.63, 3.8) is 0 Å². The molecule has 2 unspecified atom stereocenters. The van der Waals surface area contributed by atoms with Crippen molar-refractivity contribution in [2.24, 2.45) is 0 Å². The zero-order chi connectivity index (χ0) is 13.8. The number of hydrogen-bond acceptors (Lipinski definition) is 6. The van der Waals surface area contributed by atoms with Gasteiger partial charge >= 0.3 is 0 Å². The smallest absolute Gasteiger partial charge is 0.185 e. The molecule has 6 heteroatoms. The van der Waals surface area contributed by atoms with Crippen molar-refractivity contribution in [2.45, 2.75) is 25.6 Å². The Balaban J connectivity index is 2.01. The highest BCUT2D eigenvalue weighted by Crippen LogP contribution is 2.23. The molecule has 0 radical (unpaired) electrons. The van der Waals surface area contributed by atoms with Gasteiger partial charge in [-0.2, -0.15) is 0 Å². The highest BCUT2D eigenvalue weighted by molar-refractivity contribution is 8.13. The monoisotopic (exact) mass is 281 g/mol. The van der Waals surface area contributed by atoms with Crippen LogP contribution >= 0.6 is 11.8 Å². The second-order valence-corrected chi connectivity index (χ2v) is 5.49. The lowest BCUT2D eigenvalue weighted by molar-refractivity contribution is -0.109. The third-order valence-corrected chi connectivity index (χ3v) is 3.63. The first kappa shape index (κ1) is 14.0. The van der Waals surface area contributed by atoms with Crippen LogP contribution in [0, 0.1) is 0 Å². The van der Waals surface area contributed by atoms with Gasteiger partial charge in [0.25, 0.3) is 0 Å². The first-order valence-electron chi connectivity index (χ1n) is 5.90. The molecule has 1 aromatic carbocycles. The fourth-order valence-electron chi connectivity index (χ4n) is 1.76. The van der Waals surface area contributed by atoms with Crippen LogP contribution in [0.4, 0.5) is 0 Å². The number of oxazole rings is 1. The summed E-state index contributed by atoms with van der Waals surface area (Å²) in [6.45, 7) is 1.48. The highest BCUT2D eigenvalue weighted by atomic mass is 32.2. The van der Waals surface area contributed by atoms with Gasteiger partial charge in [-0.15, -0.1) is 0 Å². The Bertz CT molecular complexity index is 569. The topological polar surface area (TPSA) is 83.6 Å². The molecule has 0 aliphatic rings. The van der Waals surface area contributed by atoms with E-state index in [-0.39, 0.29) is 5.12 Å². The summed E-state index contributed by atoms with van der Waals surface area (Å²) in [6, 6.07) is 5.09. The number of benzene rings is 1. The van der Waals surface area contributed by atoms with Gasteiger partial charge in [0.2, 0.25) is 0 Å². The Labute approximate surface area is 114 Å². The Kier molecular flexibility index (Phi) is 4.57. The van der Waals surface area contributed by atoms with Crippen LogP contribution in [-0.2, 0) is 4.79 Å². The summed E-state index contributed by atoms with van der Waals surface area (Å²) >= 11 is 1.14. The van der Waals surface area contributed by atoms with Gasteiger partial charge in [0.05, 0.1) is 6.10 Å². The average Bonchev–Trinajstić information content (AvgIpc) is 2.84. The zero-order valence-corrected chi connectivity index (χ0v) is 11.3. The number of aromatic nitrogens is 1. The summed E-state index contributed by atoms with van der Waals surface area (Å²) in [5.74, 6) is 0.486. The number of fused-ring (bicyclic) bond motifs is 1. The molecule has 0 fully saturated rings. The molecule has 0 aliphatic heterocycles. The van der Waals surface area contributed by atoms with Crippen LogP contribution in [0.1, 0.15) is 25.0 Å². The molecule has 2 atom stereocenters. The van der Waals surface area contributed by atoms with E-state index in [2.05, 4.69) is 4.98 Å². The summed E-state index contributed by atoms with van der Waals surface area (Å²) in [6.07, 6.45) is -0.215. The van der Waals surface area contributed by atoms with E-state index in [9.17, 15) is 15.0 Å². The summed E-state index contributed by atoms with van der Waals surface area (Å²) in [7, 11) is 0. The summed E-state index contributed by atoms with van der Waals surface area (Å²) < 4.78 is 5.11. The molecule has 19 heavy (non-hydrogen) atoms. The molecule has 102 valence electrons. The lowest BCUT2D eigenvalue weighted by Crippen LogP contribution is -2.19. The second-order valence-electron chi connectivity index (χ2n) is 4.22. The lowest BCUT2D eigenvalue weighted by Gasteiger charge is -2.17. The van der Waals surface area contributed by atoms with Crippen LogP contribution in [-0.4, -0.2) is 32.2 Å². The van der Waals surface area contributed by atoms with Gasteiger partial charge in [0, 0.05) is 12.7 Å². The van der Waals surface area contributed by atoms with Crippen LogP contribution in [0.5, 0.6) is 0 Å². The first-order valence-corrected chi connectivity index (χ1v) is 6.89. The Hall–Kier alpha value is -1.37. The SMILES string of the molecule is CC(=O)SCCC(O)C(O)c1ccc2ocnc2c1. The van der Waals surface area contributed by atoms with Crippen LogP contribution in [0.25, 0.3) is 11.1 Å². The van der Waals surface area contributed by atoms with Crippen LogP contribution < -0.4 is 0 Å². The maximum absolute atomic E-state index is 10.8. The van der Waals surface area contributed by atoms with Gasteiger partial charge in [-0.3, -0.25) is 4.79 Å². The van der Waals surface area contributed by atoms with Crippen molar-refractivity contribution in [1.29, 1.82) is 0 Å². The minimum Gasteiger partial charge on any atom is -0.443 e. The van der Waals surface area contributed by atoms with Gasteiger partial charge in [0.15, 0.2) is 17.1 Å². The van der Waals surface area contributed by atoms with Gasteiger partial charge in [-0.25, -0.2) is 4.98 Å². The van der Waals surface area contributed by atoms with E-state index in [0.717, 1.165) is 11.8 Å². The van der Waals surface area contributed by atoms with E-state index >= 15 is 0 Å². The van der Waals surface area contributed by atoms with Gasteiger partial charge in [-0.05, 0) is 24.1 Å². The largest absolute Gasteiger partial charge is 0.443 e. The molecule has 0 saturated carbocycles. The molecular formula is C13H15NO4S. The predicted octanol–water partition coefficient (Wildman–Crippen LogP) is 1.89. The Morgan fingerprint density at radius 3 is 3.00 bits per heavy atom. The summed E-state index contributed by atoms with van der Waals surface area (Å²) in [5, 5.41) is 19.9. The number of aliphatic hydroxyl groups excluding tert-OH is 2. The van der Waals surface area contributed by atoms with E-state index in [1.165, 1.54) is 13.3 Å². The van der Waals surface area contributed by atoms with E-state index in [1.807, 2.05) is 0 Å². The Morgan fingerprint density at radius 1 is 1.47 bits per heavy atom. The lowest BCUT2D eigenvalue weighted by atomic mass is 10.0. The fourth-order valence-corrected chi connectivity index (χ4v) is 2.41. The number of thioether (sulfide) groups is 1.